The molecule has 3 atom stereocenters. The topological polar surface area (TPSA) is 79.0 Å². The highest BCUT2D eigenvalue weighted by atomic mass is 32.2. The first-order valence-electron chi connectivity index (χ1n) is 11.3. The van der Waals surface area contributed by atoms with Crippen molar-refractivity contribution in [1.82, 2.24) is 9.88 Å². The lowest BCUT2D eigenvalue weighted by atomic mass is 9.81. The van der Waals surface area contributed by atoms with Gasteiger partial charge in [-0.3, -0.25) is 4.98 Å². The van der Waals surface area contributed by atoms with Crippen molar-refractivity contribution in [1.29, 1.82) is 0 Å². The minimum Gasteiger partial charge on any atom is -0.497 e. The van der Waals surface area contributed by atoms with E-state index in [1.807, 2.05) is 36.4 Å². The zero-order chi connectivity index (χ0) is 22.3. The number of aliphatic hydroxyl groups excluding tert-OH is 2. The van der Waals surface area contributed by atoms with E-state index in [1.165, 1.54) is 0 Å². The molecule has 0 bridgehead atoms. The summed E-state index contributed by atoms with van der Waals surface area (Å²) in [6.07, 6.45) is 5.52. The van der Waals surface area contributed by atoms with Gasteiger partial charge >= 0.3 is 0 Å². The average Bonchev–Trinajstić information content (AvgIpc) is 3.35. The van der Waals surface area contributed by atoms with Crippen LogP contribution >= 0.6 is 11.8 Å². The van der Waals surface area contributed by atoms with Gasteiger partial charge in [-0.05, 0) is 79.6 Å². The molecule has 1 unspecified atom stereocenters. The molecule has 0 radical (unpaired) electrons. The Labute approximate surface area is 193 Å². The van der Waals surface area contributed by atoms with E-state index in [-0.39, 0.29) is 12.5 Å². The Bertz CT molecular complexity index is 981. The summed E-state index contributed by atoms with van der Waals surface area (Å²) in [5.41, 5.74) is 1.75. The van der Waals surface area contributed by atoms with Gasteiger partial charge in [0.25, 0.3) is 0 Å². The maximum Gasteiger partial charge on any atom is 0.160 e. The number of ether oxygens (including phenoxy) is 1. The van der Waals surface area contributed by atoms with Gasteiger partial charge in [-0.25, -0.2) is 0 Å². The molecule has 6 nitrogen and oxygen atoms in total. The number of furan rings is 1. The van der Waals surface area contributed by atoms with Crippen molar-refractivity contribution in [2.75, 3.05) is 39.1 Å². The van der Waals surface area contributed by atoms with Crippen LogP contribution in [-0.2, 0) is 0 Å². The number of likely N-dealkylation sites (tertiary alicyclic amines) is 1. The lowest BCUT2D eigenvalue weighted by Gasteiger charge is -2.38. The zero-order valence-corrected chi connectivity index (χ0v) is 19.3. The van der Waals surface area contributed by atoms with Crippen molar-refractivity contribution in [3.63, 3.8) is 0 Å². The molecule has 0 amide bonds. The smallest absolute Gasteiger partial charge is 0.160 e. The minimum atomic E-state index is -0.560. The quantitative estimate of drug-likeness (QED) is 0.439. The maximum absolute atomic E-state index is 11.0. The van der Waals surface area contributed by atoms with E-state index >= 15 is 0 Å². The van der Waals surface area contributed by atoms with Gasteiger partial charge < -0.3 is 24.3 Å². The van der Waals surface area contributed by atoms with Crippen LogP contribution in [0.3, 0.4) is 0 Å². The largest absolute Gasteiger partial charge is 0.497 e. The molecular weight excluding hydrogens is 424 g/mol. The second kappa shape index (κ2) is 11.2. The Morgan fingerprint density at radius 2 is 2.19 bits per heavy atom. The Balaban J connectivity index is 1.31. The fourth-order valence-electron chi connectivity index (χ4n) is 4.66. The van der Waals surface area contributed by atoms with Crippen LogP contribution in [0.15, 0.2) is 58.4 Å². The molecule has 1 aromatic carbocycles. The van der Waals surface area contributed by atoms with Gasteiger partial charge in [-0.1, -0.05) is 11.8 Å². The van der Waals surface area contributed by atoms with Crippen LogP contribution in [0.4, 0.5) is 0 Å². The van der Waals surface area contributed by atoms with Crippen molar-refractivity contribution < 1.29 is 19.4 Å². The van der Waals surface area contributed by atoms with E-state index in [2.05, 4.69) is 9.88 Å². The molecule has 1 aliphatic heterocycles. The van der Waals surface area contributed by atoms with Gasteiger partial charge in [0.1, 0.15) is 5.75 Å². The number of hydrogen-bond donors (Lipinski definition) is 2. The Morgan fingerprint density at radius 3 is 2.97 bits per heavy atom. The SMILES string of the molecule is COc1ccc2nccc(C(O)CC[C@@H]3CCN(CCSc4ccco4)C[C@@H]3CO)c2c1. The molecular formula is C25H32N2O4S. The zero-order valence-electron chi connectivity index (χ0n) is 18.5. The molecule has 0 spiro atoms. The second-order valence-corrected chi connectivity index (χ2v) is 9.55. The van der Waals surface area contributed by atoms with Gasteiger partial charge in [0.2, 0.25) is 0 Å². The molecule has 172 valence electrons. The van der Waals surface area contributed by atoms with Gasteiger partial charge in [-0.15, -0.1) is 0 Å². The van der Waals surface area contributed by atoms with Crippen LogP contribution < -0.4 is 4.74 Å². The van der Waals surface area contributed by atoms with E-state index in [9.17, 15) is 10.2 Å². The second-order valence-electron chi connectivity index (χ2n) is 8.45. The number of aromatic nitrogens is 1. The minimum absolute atomic E-state index is 0.192. The predicted octanol–water partition coefficient (Wildman–Crippen LogP) is 4.37. The molecule has 0 aliphatic carbocycles. The summed E-state index contributed by atoms with van der Waals surface area (Å²) in [4.78, 5) is 6.85. The summed E-state index contributed by atoms with van der Waals surface area (Å²) >= 11 is 1.73. The highest BCUT2D eigenvalue weighted by Gasteiger charge is 2.29. The van der Waals surface area contributed by atoms with Crippen molar-refractivity contribution >= 4 is 22.7 Å². The number of aliphatic hydroxyl groups is 2. The van der Waals surface area contributed by atoms with Gasteiger partial charge in [-0.2, -0.15) is 0 Å². The van der Waals surface area contributed by atoms with Gasteiger partial charge in [0, 0.05) is 37.0 Å². The maximum atomic E-state index is 11.0. The summed E-state index contributed by atoms with van der Waals surface area (Å²) in [5.74, 6) is 2.41. The number of fused-ring (bicyclic) bond motifs is 1. The highest BCUT2D eigenvalue weighted by molar-refractivity contribution is 7.99. The molecule has 4 rings (SSSR count). The third kappa shape index (κ3) is 5.64. The molecule has 0 saturated carbocycles. The first kappa shape index (κ1) is 23.1. The van der Waals surface area contributed by atoms with Gasteiger partial charge in [0.15, 0.2) is 5.09 Å². The molecule has 7 heteroatoms. The van der Waals surface area contributed by atoms with Crippen molar-refractivity contribution in [3.8, 4) is 5.75 Å². The summed E-state index contributed by atoms with van der Waals surface area (Å²) in [6, 6.07) is 11.5. The van der Waals surface area contributed by atoms with Crippen LogP contribution in [0.1, 0.15) is 30.9 Å². The van der Waals surface area contributed by atoms with Crippen molar-refractivity contribution in [3.05, 3.63) is 54.4 Å². The molecule has 1 aliphatic rings. The first-order valence-corrected chi connectivity index (χ1v) is 12.3. The fourth-order valence-corrected chi connectivity index (χ4v) is 5.51. The first-order chi connectivity index (χ1) is 15.7. The van der Waals surface area contributed by atoms with Gasteiger partial charge in [0.05, 0.1) is 25.0 Å². The number of hydrogen-bond acceptors (Lipinski definition) is 7. The third-order valence-corrected chi connectivity index (χ3v) is 7.41. The van der Waals surface area contributed by atoms with E-state index in [0.717, 1.165) is 65.5 Å². The number of nitrogens with zero attached hydrogens (tertiary/aromatic N) is 2. The Kier molecular flexibility index (Phi) is 8.08. The molecule has 3 aromatic rings. The van der Waals surface area contributed by atoms with Crippen LogP contribution in [0.5, 0.6) is 5.75 Å². The summed E-state index contributed by atoms with van der Waals surface area (Å²) in [7, 11) is 1.64. The summed E-state index contributed by atoms with van der Waals surface area (Å²) in [5, 5.41) is 22.9. The van der Waals surface area contributed by atoms with Crippen LogP contribution in [0, 0.1) is 11.8 Å². The molecule has 1 saturated heterocycles. The summed E-state index contributed by atoms with van der Waals surface area (Å²) in [6.45, 7) is 3.12. The van der Waals surface area contributed by atoms with Crippen LogP contribution in [0.25, 0.3) is 10.9 Å². The molecule has 2 aromatic heterocycles. The highest BCUT2D eigenvalue weighted by Crippen LogP contribution is 2.33. The predicted molar refractivity (Wildman–Crippen MR) is 127 cm³/mol. The van der Waals surface area contributed by atoms with E-state index in [0.29, 0.717) is 12.3 Å². The molecule has 3 heterocycles. The van der Waals surface area contributed by atoms with Crippen molar-refractivity contribution in [2.45, 2.75) is 30.5 Å². The number of pyridine rings is 1. The molecule has 2 N–H and O–H groups in total. The number of benzene rings is 1. The summed E-state index contributed by atoms with van der Waals surface area (Å²) < 4.78 is 10.7. The lowest BCUT2D eigenvalue weighted by Crippen LogP contribution is -2.43. The van der Waals surface area contributed by atoms with E-state index < -0.39 is 6.10 Å². The van der Waals surface area contributed by atoms with Crippen molar-refractivity contribution in [2.24, 2.45) is 11.8 Å². The molecule has 1 fully saturated rings. The fraction of sp³-hybridized carbons (Fsp3) is 0.480. The number of thioether (sulfide) groups is 1. The number of rotatable bonds is 10. The molecule has 32 heavy (non-hydrogen) atoms. The normalized spacial score (nSPS) is 20.5. The standard InChI is InChI=1S/C25H32N2O4S/c1-30-20-5-6-23-22(15-20)21(8-10-26-23)24(29)7-4-18-9-11-27(16-19(18)17-28)12-14-32-25-3-2-13-31-25/h2-3,5-6,8,10,13,15,18-19,24,28-29H,4,7,9,11-12,14,16-17H2,1H3/t18-,19-,24?/m1/s1. The van der Waals surface area contributed by atoms with Crippen LogP contribution in [0.2, 0.25) is 0 Å². The van der Waals surface area contributed by atoms with Crippen LogP contribution in [-0.4, -0.2) is 59.2 Å². The monoisotopic (exact) mass is 456 g/mol. The number of piperidine rings is 1. The Morgan fingerprint density at radius 1 is 1.28 bits per heavy atom. The lowest BCUT2D eigenvalue weighted by molar-refractivity contribution is 0.0608. The van der Waals surface area contributed by atoms with E-state index in [1.54, 1.807) is 31.3 Å². The average molecular weight is 457 g/mol. The Hall–Kier alpha value is -2.06. The van der Waals surface area contributed by atoms with E-state index in [4.69, 9.17) is 9.15 Å². The number of methoxy groups -OCH3 is 1. The third-order valence-electron chi connectivity index (χ3n) is 6.51.